The van der Waals surface area contributed by atoms with Crippen molar-refractivity contribution in [2.75, 3.05) is 30.3 Å². The topological polar surface area (TPSA) is 75.3 Å². The van der Waals surface area contributed by atoms with E-state index >= 15 is 0 Å². The number of nitrogens with zero attached hydrogens (tertiary/aromatic N) is 3. The number of hydrogen-bond acceptors (Lipinski definition) is 5. The van der Waals surface area contributed by atoms with Crippen molar-refractivity contribution in [1.82, 2.24) is 9.97 Å². The number of anilines is 2. The fourth-order valence-electron chi connectivity index (χ4n) is 1.89. The van der Waals surface area contributed by atoms with Gasteiger partial charge >= 0.3 is 0 Å². The molecule has 2 aromatic rings. The Balaban J connectivity index is 2.51. The summed E-state index contributed by atoms with van der Waals surface area (Å²) in [5.41, 5.74) is 6.18. The van der Waals surface area contributed by atoms with Gasteiger partial charge in [0.2, 0.25) is 5.95 Å². The third-order valence-electron chi connectivity index (χ3n) is 2.63. The first-order valence-corrected chi connectivity index (χ1v) is 5.78. The summed E-state index contributed by atoms with van der Waals surface area (Å²) < 4.78 is 25.2. The molecule has 0 bridgehead atoms. The number of aliphatic hydroxyl groups excluding tert-OH is 1. The van der Waals surface area contributed by atoms with Gasteiger partial charge in [0.1, 0.15) is 5.82 Å². The number of alkyl halides is 2. The van der Waals surface area contributed by atoms with Crippen molar-refractivity contribution < 1.29 is 13.9 Å². The highest BCUT2D eigenvalue weighted by molar-refractivity contribution is 5.90. The maximum Gasteiger partial charge on any atom is 0.255 e. The maximum absolute atomic E-state index is 12.6. The predicted molar refractivity (Wildman–Crippen MR) is 69.3 cm³/mol. The molecule has 0 aliphatic heterocycles. The van der Waals surface area contributed by atoms with Crippen LogP contribution < -0.4 is 10.6 Å². The Hall–Kier alpha value is -2.02. The molecule has 1 aromatic heterocycles. The molecule has 5 nitrogen and oxygen atoms in total. The van der Waals surface area contributed by atoms with Gasteiger partial charge < -0.3 is 15.7 Å². The number of aliphatic hydroxyl groups is 1. The molecule has 2 rings (SSSR count). The SMILES string of the molecule is Nc1nc(N(CCO)CC(F)F)c2ccccc2n1. The van der Waals surface area contributed by atoms with E-state index in [9.17, 15) is 8.78 Å². The molecule has 0 radical (unpaired) electrons. The standard InChI is InChI=1S/C12H14F2N4O/c13-10(14)7-18(5-6-19)11-8-3-1-2-4-9(8)16-12(15)17-11/h1-4,10,19H,5-7H2,(H2,15,16,17). The van der Waals surface area contributed by atoms with Gasteiger partial charge in [-0.05, 0) is 12.1 Å². The van der Waals surface area contributed by atoms with E-state index in [2.05, 4.69) is 9.97 Å². The zero-order chi connectivity index (χ0) is 13.8. The molecule has 0 spiro atoms. The van der Waals surface area contributed by atoms with E-state index in [4.69, 9.17) is 10.8 Å². The van der Waals surface area contributed by atoms with Crippen LogP contribution in [0.4, 0.5) is 20.5 Å². The number of hydrogen-bond donors (Lipinski definition) is 2. The molecule has 0 saturated carbocycles. The van der Waals surface area contributed by atoms with Crippen molar-refractivity contribution in [3.63, 3.8) is 0 Å². The van der Waals surface area contributed by atoms with E-state index in [1.807, 2.05) is 0 Å². The van der Waals surface area contributed by atoms with Crippen molar-refractivity contribution >= 4 is 22.7 Å². The number of aromatic nitrogens is 2. The minimum absolute atomic E-state index is 0.0194. The molecular formula is C12H14F2N4O. The highest BCUT2D eigenvalue weighted by Gasteiger charge is 2.17. The van der Waals surface area contributed by atoms with Gasteiger partial charge in [-0.3, -0.25) is 0 Å². The predicted octanol–water partition coefficient (Wildman–Crippen LogP) is 1.28. The van der Waals surface area contributed by atoms with Crippen LogP contribution >= 0.6 is 0 Å². The van der Waals surface area contributed by atoms with Gasteiger partial charge in [-0.15, -0.1) is 0 Å². The molecule has 0 saturated heterocycles. The average Bonchev–Trinajstić information content (AvgIpc) is 2.36. The molecule has 0 aliphatic rings. The van der Waals surface area contributed by atoms with Crippen LogP contribution in [0.15, 0.2) is 24.3 Å². The normalized spacial score (nSPS) is 11.2. The van der Waals surface area contributed by atoms with Crippen LogP contribution in [0.1, 0.15) is 0 Å². The van der Waals surface area contributed by atoms with Crippen LogP contribution in [0.3, 0.4) is 0 Å². The second kappa shape index (κ2) is 5.75. The lowest BCUT2D eigenvalue weighted by molar-refractivity contribution is 0.152. The van der Waals surface area contributed by atoms with E-state index in [-0.39, 0.29) is 19.1 Å². The Morgan fingerprint density at radius 1 is 1.26 bits per heavy atom. The van der Waals surface area contributed by atoms with Crippen molar-refractivity contribution in [3.05, 3.63) is 24.3 Å². The van der Waals surface area contributed by atoms with Gasteiger partial charge in [-0.1, -0.05) is 12.1 Å². The first-order chi connectivity index (χ1) is 9.11. The summed E-state index contributed by atoms with van der Waals surface area (Å²) in [6.45, 7) is -0.698. The summed E-state index contributed by atoms with van der Waals surface area (Å²) in [6.07, 6.45) is -2.53. The molecule has 0 atom stereocenters. The summed E-state index contributed by atoms with van der Waals surface area (Å²) in [5, 5.41) is 9.62. The van der Waals surface area contributed by atoms with E-state index in [0.717, 1.165) is 0 Å². The summed E-state index contributed by atoms with van der Waals surface area (Å²) in [6, 6.07) is 7.02. The molecule has 0 unspecified atom stereocenters. The third-order valence-corrected chi connectivity index (χ3v) is 2.63. The number of para-hydroxylation sites is 1. The lowest BCUT2D eigenvalue weighted by atomic mass is 10.2. The number of halogens is 2. The van der Waals surface area contributed by atoms with Gasteiger partial charge in [-0.25, -0.2) is 13.8 Å². The zero-order valence-corrected chi connectivity index (χ0v) is 10.1. The molecule has 3 N–H and O–H groups in total. The Morgan fingerprint density at radius 3 is 2.68 bits per heavy atom. The van der Waals surface area contributed by atoms with Gasteiger partial charge in [0.05, 0.1) is 18.7 Å². The number of nitrogen functional groups attached to an aromatic ring is 1. The van der Waals surface area contributed by atoms with Crippen LogP contribution in [0, 0.1) is 0 Å². The number of rotatable bonds is 5. The Kier molecular flexibility index (Phi) is 4.06. The second-order valence-corrected chi connectivity index (χ2v) is 3.98. The fourth-order valence-corrected chi connectivity index (χ4v) is 1.89. The minimum atomic E-state index is -2.53. The van der Waals surface area contributed by atoms with Crippen LogP contribution in [0.2, 0.25) is 0 Å². The highest BCUT2D eigenvalue weighted by atomic mass is 19.3. The molecule has 19 heavy (non-hydrogen) atoms. The molecule has 0 fully saturated rings. The summed E-state index contributed by atoms with van der Waals surface area (Å²) in [7, 11) is 0. The van der Waals surface area contributed by atoms with E-state index in [1.165, 1.54) is 4.90 Å². The Bertz CT molecular complexity index is 564. The fraction of sp³-hybridized carbons (Fsp3) is 0.333. The van der Waals surface area contributed by atoms with Crippen LogP contribution in [-0.4, -0.2) is 41.2 Å². The highest BCUT2D eigenvalue weighted by Crippen LogP contribution is 2.24. The minimum Gasteiger partial charge on any atom is -0.395 e. The third kappa shape index (κ3) is 3.05. The van der Waals surface area contributed by atoms with Gasteiger partial charge in [-0.2, -0.15) is 4.98 Å². The first kappa shape index (κ1) is 13.4. The van der Waals surface area contributed by atoms with Crippen molar-refractivity contribution in [2.45, 2.75) is 6.43 Å². The van der Waals surface area contributed by atoms with Crippen LogP contribution in [0.5, 0.6) is 0 Å². The lowest BCUT2D eigenvalue weighted by Gasteiger charge is -2.23. The van der Waals surface area contributed by atoms with Crippen molar-refractivity contribution in [3.8, 4) is 0 Å². The van der Waals surface area contributed by atoms with Crippen molar-refractivity contribution in [2.24, 2.45) is 0 Å². The number of fused-ring (bicyclic) bond motifs is 1. The smallest absolute Gasteiger partial charge is 0.255 e. The molecule has 1 aromatic carbocycles. The summed E-state index contributed by atoms with van der Waals surface area (Å²) in [5.74, 6) is 0.336. The molecule has 7 heteroatoms. The number of benzene rings is 1. The molecular weight excluding hydrogens is 254 g/mol. The van der Waals surface area contributed by atoms with Crippen LogP contribution in [0.25, 0.3) is 10.9 Å². The van der Waals surface area contributed by atoms with Crippen molar-refractivity contribution in [1.29, 1.82) is 0 Å². The molecule has 1 heterocycles. The lowest BCUT2D eigenvalue weighted by Crippen LogP contribution is -2.32. The maximum atomic E-state index is 12.6. The van der Waals surface area contributed by atoms with E-state index in [1.54, 1.807) is 24.3 Å². The quantitative estimate of drug-likeness (QED) is 0.854. The van der Waals surface area contributed by atoms with E-state index in [0.29, 0.717) is 16.7 Å². The van der Waals surface area contributed by atoms with Gasteiger partial charge in [0.25, 0.3) is 6.43 Å². The summed E-state index contributed by atoms with van der Waals surface area (Å²) in [4.78, 5) is 9.38. The second-order valence-electron chi connectivity index (χ2n) is 3.98. The first-order valence-electron chi connectivity index (χ1n) is 5.78. The summed E-state index contributed by atoms with van der Waals surface area (Å²) >= 11 is 0. The molecule has 102 valence electrons. The molecule has 0 amide bonds. The zero-order valence-electron chi connectivity index (χ0n) is 10.1. The van der Waals surface area contributed by atoms with Gasteiger partial charge in [0.15, 0.2) is 0 Å². The average molecular weight is 268 g/mol. The Labute approximate surface area is 108 Å². The number of nitrogens with two attached hydrogens (primary N) is 1. The molecule has 0 aliphatic carbocycles. The Morgan fingerprint density at radius 2 is 2.00 bits per heavy atom. The van der Waals surface area contributed by atoms with Crippen LogP contribution in [-0.2, 0) is 0 Å². The van der Waals surface area contributed by atoms with Gasteiger partial charge in [0, 0.05) is 11.9 Å². The van der Waals surface area contributed by atoms with E-state index < -0.39 is 13.0 Å². The monoisotopic (exact) mass is 268 g/mol. The largest absolute Gasteiger partial charge is 0.395 e.